The van der Waals surface area contributed by atoms with Gasteiger partial charge in [-0.3, -0.25) is 4.79 Å². The van der Waals surface area contributed by atoms with Gasteiger partial charge in [0.25, 0.3) is 0 Å². The molecule has 19 heavy (non-hydrogen) atoms. The van der Waals surface area contributed by atoms with E-state index in [1.165, 1.54) is 12.1 Å². The summed E-state index contributed by atoms with van der Waals surface area (Å²) in [7, 11) is 0. The van der Waals surface area contributed by atoms with E-state index in [0.29, 0.717) is 16.6 Å². The highest BCUT2D eigenvalue weighted by Gasteiger charge is 2.09. The van der Waals surface area contributed by atoms with Gasteiger partial charge >= 0.3 is 5.97 Å². The first kappa shape index (κ1) is 15.7. The minimum atomic E-state index is -0.988. The molecule has 0 fully saturated rings. The zero-order chi connectivity index (χ0) is 14.3. The lowest BCUT2D eigenvalue weighted by molar-refractivity contribution is -0.116. The highest BCUT2D eigenvalue weighted by atomic mass is 79.9. The fraction of sp³-hybridized carbons (Fsp3) is 0.429. The molecule has 104 valence electrons. The van der Waals surface area contributed by atoms with Crippen LogP contribution in [0.2, 0.25) is 0 Å². The lowest BCUT2D eigenvalue weighted by Crippen LogP contribution is -2.11. The van der Waals surface area contributed by atoms with Gasteiger partial charge in [0.1, 0.15) is 0 Å². The normalized spacial score (nSPS) is 10.2. The number of carbonyl (C=O) groups is 2. The molecule has 0 radical (unpaired) electrons. The van der Waals surface area contributed by atoms with Crippen molar-refractivity contribution in [3.05, 3.63) is 28.2 Å². The van der Waals surface area contributed by atoms with Gasteiger partial charge in [-0.05, 0) is 40.5 Å². The van der Waals surface area contributed by atoms with E-state index in [9.17, 15) is 9.59 Å². The molecule has 0 aromatic heterocycles. The molecule has 1 rings (SSSR count). The van der Waals surface area contributed by atoms with Gasteiger partial charge in [0.2, 0.25) is 5.91 Å². The minimum absolute atomic E-state index is 0.0418. The smallest absolute Gasteiger partial charge is 0.335 e. The van der Waals surface area contributed by atoms with Gasteiger partial charge < -0.3 is 10.4 Å². The Morgan fingerprint density at radius 2 is 2.00 bits per heavy atom. The van der Waals surface area contributed by atoms with Crippen LogP contribution in [0, 0.1) is 0 Å². The van der Waals surface area contributed by atoms with Gasteiger partial charge in [0.15, 0.2) is 0 Å². The van der Waals surface area contributed by atoms with E-state index in [-0.39, 0.29) is 11.5 Å². The Bertz CT molecular complexity index is 460. The van der Waals surface area contributed by atoms with Crippen molar-refractivity contribution >= 4 is 33.5 Å². The summed E-state index contributed by atoms with van der Waals surface area (Å²) in [4.78, 5) is 22.5. The molecular formula is C14H18BrNO3. The maximum Gasteiger partial charge on any atom is 0.335 e. The van der Waals surface area contributed by atoms with Crippen LogP contribution in [0.15, 0.2) is 22.7 Å². The molecule has 0 aliphatic heterocycles. The molecule has 4 nitrogen and oxygen atoms in total. The van der Waals surface area contributed by atoms with Crippen LogP contribution >= 0.6 is 15.9 Å². The van der Waals surface area contributed by atoms with Gasteiger partial charge in [-0.2, -0.15) is 0 Å². The predicted molar refractivity (Wildman–Crippen MR) is 78.5 cm³/mol. The third-order valence-corrected chi connectivity index (χ3v) is 3.40. The van der Waals surface area contributed by atoms with Crippen molar-refractivity contribution in [2.45, 2.75) is 39.0 Å². The molecule has 0 atom stereocenters. The monoisotopic (exact) mass is 327 g/mol. The molecular weight excluding hydrogens is 310 g/mol. The first-order valence-electron chi connectivity index (χ1n) is 6.37. The summed E-state index contributed by atoms with van der Waals surface area (Å²) in [6.45, 7) is 2.13. The van der Waals surface area contributed by atoms with Crippen LogP contribution < -0.4 is 5.32 Å². The maximum atomic E-state index is 11.7. The van der Waals surface area contributed by atoms with Crippen LogP contribution in [0.5, 0.6) is 0 Å². The fourth-order valence-corrected chi connectivity index (χ4v) is 2.15. The van der Waals surface area contributed by atoms with E-state index in [4.69, 9.17) is 5.11 Å². The number of hydrogen-bond donors (Lipinski definition) is 2. The number of hydrogen-bond acceptors (Lipinski definition) is 2. The average Bonchev–Trinajstić information content (AvgIpc) is 2.37. The predicted octanol–water partition coefficient (Wildman–Crippen LogP) is 4.06. The molecule has 1 amide bonds. The Kier molecular flexibility index (Phi) is 6.56. The number of carboxylic acids is 1. The second kappa shape index (κ2) is 7.94. The second-order valence-electron chi connectivity index (χ2n) is 4.36. The molecule has 0 spiro atoms. The molecule has 0 bridgehead atoms. The molecule has 1 aromatic carbocycles. The molecule has 0 unspecified atom stereocenters. The highest BCUT2D eigenvalue weighted by Crippen LogP contribution is 2.24. The van der Waals surface area contributed by atoms with E-state index in [1.807, 2.05) is 0 Å². The van der Waals surface area contributed by atoms with E-state index in [0.717, 1.165) is 25.7 Å². The van der Waals surface area contributed by atoms with E-state index in [2.05, 4.69) is 28.2 Å². The maximum absolute atomic E-state index is 11.7. The number of rotatable bonds is 7. The fourth-order valence-electron chi connectivity index (χ4n) is 1.67. The van der Waals surface area contributed by atoms with Crippen molar-refractivity contribution < 1.29 is 14.7 Å². The summed E-state index contributed by atoms with van der Waals surface area (Å²) in [6.07, 6.45) is 4.72. The Balaban J connectivity index is 2.52. The summed E-state index contributed by atoms with van der Waals surface area (Å²) in [5.74, 6) is -1.03. The third kappa shape index (κ3) is 5.42. The van der Waals surface area contributed by atoms with Gasteiger partial charge in [-0.1, -0.05) is 26.2 Å². The molecule has 0 heterocycles. The first-order chi connectivity index (χ1) is 9.04. The van der Waals surface area contributed by atoms with Crippen molar-refractivity contribution in [1.29, 1.82) is 0 Å². The van der Waals surface area contributed by atoms with Gasteiger partial charge in [0, 0.05) is 10.9 Å². The van der Waals surface area contributed by atoms with Crippen LogP contribution in [0.4, 0.5) is 5.69 Å². The largest absolute Gasteiger partial charge is 0.478 e. The highest BCUT2D eigenvalue weighted by molar-refractivity contribution is 9.10. The van der Waals surface area contributed by atoms with Crippen molar-refractivity contribution in [2.75, 3.05) is 5.32 Å². The lowest BCUT2D eigenvalue weighted by atomic mass is 10.1. The average molecular weight is 328 g/mol. The minimum Gasteiger partial charge on any atom is -0.478 e. The topological polar surface area (TPSA) is 66.4 Å². The van der Waals surface area contributed by atoms with Crippen LogP contribution in [-0.4, -0.2) is 17.0 Å². The first-order valence-corrected chi connectivity index (χ1v) is 7.16. The zero-order valence-corrected chi connectivity index (χ0v) is 12.5. The number of aromatic carboxylic acids is 1. The summed E-state index contributed by atoms with van der Waals surface area (Å²) < 4.78 is 0.578. The third-order valence-electron chi connectivity index (χ3n) is 2.75. The lowest BCUT2D eigenvalue weighted by Gasteiger charge is -2.08. The van der Waals surface area contributed by atoms with Crippen molar-refractivity contribution in [3.63, 3.8) is 0 Å². The summed E-state index contributed by atoms with van der Waals surface area (Å²) in [6, 6.07) is 4.55. The number of halogens is 1. The standard InChI is InChI=1S/C14H18BrNO3/c1-2-3-4-5-6-13(17)16-12-8-7-10(14(18)19)9-11(12)15/h7-9H,2-6H2,1H3,(H,16,17)(H,18,19). The molecule has 0 aliphatic carbocycles. The molecule has 2 N–H and O–H groups in total. The molecule has 0 saturated heterocycles. The number of benzene rings is 1. The molecule has 0 saturated carbocycles. The van der Waals surface area contributed by atoms with E-state index >= 15 is 0 Å². The zero-order valence-electron chi connectivity index (χ0n) is 10.9. The van der Waals surface area contributed by atoms with Crippen LogP contribution in [0.3, 0.4) is 0 Å². The number of anilines is 1. The second-order valence-corrected chi connectivity index (χ2v) is 5.21. The van der Waals surface area contributed by atoms with Gasteiger partial charge in [0.05, 0.1) is 11.3 Å². The van der Waals surface area contributed by atoms with Crippen LogP contribution in [0.25, 0.3) is 0 Å². The summed E-state index contributed by atoms with van der Waals surface area (Å²) in [5, 5.41) is 11.6. The van der Waals surface area contributed by atoms with Gasteiger partial charge in [-0.25, -0.2) is 4.79 Å². The van der Waals surface area contributed by atoms with E-state index < -0.39 is 5.97 Å². The van der Waals surface area contributed by atoms with Crippen molar-refractivity contribution in [2.24, 2.45) is 0 Å². The summed E-state index contributed by atoms with van der Waals surface area (Å²) in [5.41, 5.74) is 0.790. The van der Waals surface area contributed by atoms with Crippen molar-refractivity contribution in [1.82, 2.24) is 0 Å². The molecule has 0 aliphatic rings. The number of amides is 1. The SMILES string of the molecule is CCCCCCC(=O)Nc1ccc(C(=O)O)cc1Br. The Hall–Kier alpha value is -1.36. The Labute approximate surface area is 121 Å². The number of nitrogens with one attached hydrogen (secondary N) is 1. The van der Waals surface area contributed by atoms with Crippen LogP contribution in [-0.2, 0) is 4.79 Å². The molecule has 1 aromatic rings. The molecule has 5 heteroatoms. The number of carbonyl (C=O) groups excluding carboxylic acids is 1. The van der Waals surface area contributed by atoms with Crippen LogP contribution in [0.1, 0.15) is 49.4 Å². The Morgan fingerprint density at radius 1 is 1.26 bits per heavy atom. The quantitative estimate of drug-likeness (QED) is 0.742. The summed E-state index contributed by atoms with van der Waals surface area (Å²) >= 11 is 3.26. The number of carboxylic acid groups (broad SMARTS) is 1. The van der Waals surface area contributed by atoms with Crippen molar-refractivity contribution in [3.8, 4) is 0 Å². The number of unbranched alkanes of at least 4 members (excludes halogenated alkanes) is 3. The Morgan fingerprint density at radius 3 is 2.58 bits per heavy atom. The van der Waals surface area contributed by atoms with E-state index in [1.54, 1.807) is 6.07 Å². The van der Waals surface area contributed by atoms with Gasteiger partial charge in [-0.15, -0.1) is 0 Å².